The molecule has 112 valence electrons. The highest BCUT2D eigenvalue weighted by Gasteiger charge is 2.41. The number of hydrogen-bond acceptors (Lipinski definition) is 2. The van der Waals surface area contributed by atoms with E-state index in [1.165, 1.54) is 70.8 Å². The SMILES string of the molecule is CCCCCC(CCCCC)N[C@@H]1[C@@H]2CC[C@H]1NC2. The highest BCUT2D eigenvalue weighted by atomic mass is 15.1. The van der Waals surface area contributed by atoms with Crippen LogP contribution in [-0.4, -0.2) is 24.7 Å². The van der Waals surface area contributed by atoms with E-state index in [1.54, 1.807) is 0 Å². The van der Waals surface area contributed by atoms with Crippen molar-refractivity contribution in [2.75, 3.05) is 6.54 Å². The van der Waals surface area contributed by atoms with E-state index >= 15 is 0 Å². The summed E-state index contributed by atoms with van der Waals surface area (Å²) in [5, 5.41) is 7.72. The van der Waals surface area contributed by atoms with Crippen LogP contribution in [0.1, 0.15) is 78.1 Å². The van der Waals surface area contributed by atoms with E-state index in [1.807, 2.05) is 0 Å². The lowest BCUT2D eigenvalue weighted by Gasteiger charge is -2.25. The van der Waals surface area contributed by atoms with Gasteiger partial charge in [0.25, 0.3) is 0 Å². The van der Waals surface area contributed by atoms with Crippen molar-refractivity contribution in [1.29, 1.82) is 0 Å². The van der Waals surface area contributed by atoms with Gasteiger partial charge in [-0.15, -0.1) is 0 Å². The van der Waals surface area contributed by atoms with Gasteiger partial charge in [0.1, 0.15) is 0 Å². The fraction of sp³-hybridized carbons (Fsp3) is 1.00. The Morgan fingerprint density at radius 1 is 1.00 bits per heavy atom. The monoisotopic (exact) mass is 266 g/mol. The molecule has 0 aromatic rings. The zero-order chi connectivity index (χ0) is 13.5. The molecule has 0 unspecified atom stereocenters. The standard InChI is InChI=1S/C17H34N2/c1-3-5-7-9-15(10-8-6-4-2)19-17-14-11-12-16(17)18-13-14/h14-19H,3-13H2,1-2H3/t14-,16-,17-/m1/s1. The summed E-state index contributed by atoms with van der Waals surface area (Å²) in [7, 11) is 0. The normalized spacial score (nSPS) is 29.5. The van der Waals surface area contributed by atoms with E-state index in [0.717, 1.165) is 24.0 Å². The van der Waals surface area contributed by atoms with Gasteiger partial charge in [0.05, 0.1) is 0 Å². The molecule has 1 saturated heterocycles. The van der Waals surface area contributed by atoms with Crippen LogP contribution in [0.3, 0.4) is 0 Å². The topological polar surface area (TPSA) is 24.1 Å². The van der Waals surface area contributed by atoms with E-state index in [0.29, 0.717) is 0 Å². The summed E-state index contributed by atoms with van der Waals surface area (Å²) < 4.78 is 0. The van der Waals surface area contributed by atoms with Crippen molar-refractivity contribution in [3.63, 3.8) is 0 Å². The maximum atomic E-state index is 4.03. The first-order chi connectivity index (χ1) is 9.35. The van der Waals surface area contributed by atoms with Gasteiger partial charge in [-0.25, -0.2) is 0 Å². The molecule has 0 aromatic carbocycles. The minimum atomic E-state index is 0.782. The minimum Gasteiger partial charge on any atom is -0.312 e. The van der Waals surface area contributed by atoms with Crippen molar-refractivity contribution < 1.29 is 0 Å². The molecule has 2 aliphatic rings. The molecule has 0 amide bonds. The highest BCUT2D eigenvalue weighted by molar-refractivity contribution is 5.02. The fourth-order valence-electron chi connectivity index (χ4n) is 3.96. The zero-order valence-electron chi connectivity index (χ0n) is 13.1. The average molecular weight is 266 g/mol. The summed E-state index contributed by atoms with van der Waals surface area (Å²) in [5.74, 6) is 0.921. The average Bonchev–Trinajstić information content (AvgIpc) is 2.98. The molecule has 2 fully saturated rings. The Bertz CT molecular complexity index is 211. The first kappa shape index (κ1) is 15.3. The molecule has 0 aromatic heterocycles. The van der Waals surface area contributed by atoms with Gasteiger partial charge in [-0.1, -0.05) is 52.4 Å². The second-order valence-electron chi connectivity index (χ2n) is 6.73. The Morgan fingerprint density at radius 3 is 2.11 bits per heavy atom. The molecule has 2 nitrogen and oxygen atoms in total. The molecule has 2 bridgehead atoms. The summed E-state index contributed by atoms with van der Waals surface area (Å²) in [4.78, 5) is 0. The summed E-state index contributed by atoms with van der Waals surface area (Å²) in [6.07, 6.45) is 14.0. The Morgan fingerprint density at radius 2 is 1.68 bits per heavy atom. The summed E-state index contributed by atoms with van der Waals surface area (Å²) >= 11 is 0. The predicted octanol–water partition coefficient (Wildman–Crippen LogP) is 3.86. The molecule has 1 saturated carbocycles. The Kier molecular flexibility index (Phi) is 6.66. The van der Waals surface area contributed by atoms with Gasteiger partial charge < -0.3 is 10.6 Å². The quantitative estimate of drug-likeness (QED) is 0.587. The van der Waals surface area contributed by atoms with Crippen molar-refractivity contribution in [2.45, 2.75) is 96.2 Å². The van der Waals surface area contributed by atoms with E-state index in [-0.39, 0.29) is 0 Å². The molecule has 3 atom stereocenters. The van der Waals surface area contributed by atoms with E-state index in [9.17, 15) is 0 Å². The summed E-state index contributed by atoms with van der Waals surface area (Å²) in [6.45, 7) is 5.88. The van der Waals surface area contributed by atoms with Crippen LogP contribution >= 0.6 is 0 Å². The van der Waals surface area contributed by atoms with Gasteiger partial charge >= 0.3 is 0 Å². The van der Waals surface area contributed by atoms with Gasteiger partial charge in [0, 0.05) is 18.1 Å². The molecule has 2 heteroatoms. The maximum Gasteiger partial charge on any atom is 0.0264 e. The first-order valence-electron chi connectivity index (χ1n) is 8.84. The molecule has 0 radical (unpaired) electrons. The Balaban J connectivity index is 1.75. The van der Waals surface area contributed by atoms with Crippen LogP contribution in [0.15, 0.2) is 0 Å². The summed E-state index contributed by atoms with van der Waals surface area (Å²) in [5.41, 5.74) is 0. The molecular weight excluding hydrogens is 232 g/mol. The lowest BCUT2D eigenvalue weighted by Crippen LogP contribution is -2.44. The van der Waals surface area contributed by atoms with E-state index in [2.05, 4.69) is 24.5 Å². The number of piperidine rings is 1. The number of unbranched alkanes of at least 4 members (excludes halogenated alkanes) is 4. The van der Waals surface area contributed by atoms with Crippen LogP contribution < -0.4 is 10.6 Å². The first-order valence-corrected chi connectivity index (χ1v) is 8.84. The minimum absolute atomic E-state index is 0.782. The van der Waals surface area contributed by atoms with Crippen molar-refractivity contribution in [1.82, 2.24) is 10.6 Å². The third-order valence-corrected chi connectivity index (χ3v) is 5.17. The van der Waals surface area contributed by atoms with Crippen molar-refractivity contribution in [3.8, 4) is 0 Å². The van der Waals surface area contributed by atoms with Crippen LogP contribution in [0.4, 0.5) is 0 Å². The molecular formula is C17H34N2. The van der Waals surface area contributed by atoms with Crippen LogP contribution in [0, 0.1) is 5.92 Å². The molecule has 1 heterocycles. The van der Waals surface area contributed by atoms with Gasteiger partial charge in [0.2, 0.25) is 0 Å². The van der Waals surface area contributed by atoms with Gasteiger partial charge in [0.15, 0.2) is 0 Å². The maximum absolute atomic E-state index is 4.03. The second kappa shape index (κ2) is 8.26. The zero-order valence-corrected chi connectivity index (χ0v) is 13.1. The summed E-state index contributed by atoms with van der Waals surface area (Å²) in [6, 6.07) is 2.35. The molecule has 1 aliphatic heterocycles. The molecule has 0 spiro atoms. The van der Waals surface area contributed by atoms with Crippen LogP contribution in [0.2, 0.25) is 0 Å². The van der Waals surface area contributed by atoms with Gasteiger partial charge in [-0.2, -0.15) is 0 Å². The molecule has 2 N–H and O–H groups in total. The van der Waals surface area contributed by atoms with Crippen molar-refractivity contribution in [2.24, 2.45) is 5.92 Å². The van der Waals surface area contributed by atoms with Gasteiger partial charge in [-0.05, 0) is 38.1 Å². The fourth-order valence-corrected chi connectivity index (χ4v) is 3.96. The molecule has 2 rings (SSSR count). The lowest BCUT2D eigenvalue weighted by molar-refractivity contribution is 0.344. The number of nitrogens with one attached hydrogen (secondary N) is 2. The van der Waals surface area contributed by atoms with E-state index < -0.39 is 0 Å². The number of fused-ring (bicyclic) bond motifs is 2. The van der Waals surface area contributed by atoms with Gasteiger partial charge in [-0.3, -0.25) is 0 Å². The van der Waals surface area contributed by atoms with Crippen LogP contribution in [0.25, 0.3) is 0 Å². The third-order valence-electron chi connectivity index (χ3n) is 5.17. The molecule has 19 heavy (non-hydrogen) atoms. The third kappa shape index (κ3) is 4.46. The number of hydrogen-bond donors (Lipinski definition) is 2. The Hall–Kier alpha value is -0.0800. The largest absolute Gasteiger partial charge is 0.312 e. The van der Waals surface area contributed by atoms with Crippen LogP contribution in [-0.2, 0) is 0 Å². The van der Waals surface area contributed by atoms with Crippen molar-refractivity contribution in [3.05, 3.63) is 0 Å². The van der Waals surface area contributed by atoms with E-state index in [4.69, 9.17) is 0 Å². The van der Waals surface area contributed by atoms with Crippen LogP contribution in [0.5, 0.6) is 0 Å². The van der Waals surface area contributed by atoms with Crippen molar-refractivity contribution >= 4 is 0 Å². The lowest BCUT2D eigenvalue weighted by atomic mass is 9.98. The molecule has 1 aliphatic carbocycles. The second-order valence-corrected chi connectivity index (χ2v) is 6.73. The predicted molar refractivity (Wildman–Crippen MR) is 83.5 cm³/mol. The number of rotatable bonds is 10. The highest BCUT2D eigenvalue weighted by Crippen LogP contribution is 2.32. The smallest absolute Gasteiger partial charge is 0.0264 e. The Labute approximate surface area is 120 Å².